The molecular weight excluding hydrogens is 296 g/mol. The fourth-order valence-electron chi connectivity index (χ4n) is 2.14. The lowest BCUT2D eigenvalue weighted by Gasteiger charge is -2.18. The molecule has 22 heavy (non-hydrogen) atoms. The predicted molar refractivity (Wildman–Crippen MR) is 89.2 cm³/mol. The summed E-state index contributed by atoms with van der Waals surface area (Å²) in [5, 5.41) is 6.57. The molecule has 0 aliphatic carbocycles. The summed E-state index contributed by atoms with van der Waals surface area (Å²) in [6, 6.07) is 9.18. The van der Waals surface area contributed by atoms with Crippen LogP contribution in [0.1, 0.15) is 40.1 Å². The second kappa shape index (κ2) is 7.75. The molecule has 2 amide bonds. The summed E-state index contributed by atoms with van der Waals surface area (Å²) in [6.45, 7) is 5.79. The number of nitrogens with zero attached hydrogens (tertiary/aromatic N) is 1. The first kappa shape index (κ1) is 16.2. The largest absolute Gasteiger partial charge is 0.348 e. The molecule has 0 radical (unpaired) electrons. The fraction of sp³-hybridized carbons (Fsp3) is 0.294. The van der Waals surface area contributed by atoms with Crippen LogP contribution in [0.25, 0.3) is 0 Å². The van der Waals surface area contributed by atoms with E-state index in [1.807, 2.05) is 48.9 Å². The van der Waals surface area contributed by atoms with Crippen LogP contribution in [-0.2, 0) is 6.54 Å². The van der Waals surface area contributed by atoms with Crippen molar-refractivity contribution in [2.75, 3.05) is 13.1 Å². The summed E-state index contributed by atoms with van der Waals surface area (Å²) >= 11 is 1.50. The smallest absolute Gasteiger partial charge is 0.253 e. The van der Waals surface area contributed by atoms with Crippen molar-refractivity contribution in [1.82, 2.24) is 10.2 Å². The van der Waals surface area contributed by atoms with E-state index in [1.54, 1.807) is 11.0 Å². The topological polar surface area (TPSA) is 49.4 Å². The Balaban J connectivity index is 1.94. The van der Waals surface area contributed by atoms with E-state index in [1.165, 1.54) is 11.3 Å². The third kappa shape index (κ3) is 3.95. The van der Waals surface area contributed by atoms with Gasteiger partial charge in [-0.25, -0.2) is 0 Å². The summed E-state index contributed by atoms with van der Waals surface area (Å²) in [5.74, 6) is -0.0385. The van der Waals surface area contributed by atoms with Gasteiger partial charge in [-0.1, -0.05) is 12.1 Å². The highest BCUT2D eigenvalue weighted by Gasteiger charge is 2.12. The molecule has 0 atom stereocenters. The number of amides is 2. The zero-order chi connectivity index (χ0) is 15.9. The Morgan fingerprint density at radius 3 is 2.27 bits per heavy atom. The first-order chi connectivity index (χ1) is 10.7. The van der Waals surface area contributed by atoms with Gasteiger partial charge in [-0.2, -0.15) is 11.3 Å². The molecule has 0 saturated heterocycles. The number of thiophene rings is 1. The van der Waals surface area contributed by atoms with Crippen LogP contribution in [0.15, 0.2) is 41.1 Å². The molecule has 2 aromatic rings. The van der Waals surface area contributed by atoms with E-state index >= 15 is 0 Å². The van der Waals surface area contributed by atoms with Gasteiger partial charge in [0.05, 0.1) is 0 Å². The number of carbonyl (C=O) groups is 2. The SMILES string of the molecule is CCN(CC)C(=O)c1ccc(CNC(=O)c2ccsc2)cc1. The summed E-state index contributed by atoms with van der Waals surface area (Å²) in [4.78, 5) is 25.8. The maximum absolute atomic E-state index is 12.2. The molecule has 0 unspecified atom stereocenters. The van der Waals surface area contributed by atoms with E-state index in [2.05, 4.69) is 5.32 Å². The maximum Gasteiger partial charge on any atom is 0.253 e. The number of hydrogen-bond acceptors (Lipinski definition) is 3. The Kier molecular flexibility index (Phi) is 5.72. The first-order valence-electron chi connectivity index (χ1n) is 7.34. The van der Waals surface area contributed by atoms with Crippen LogP contribution in [0.4, 0.5) is 0 Å². The maximum atomic E-state index is 12.2. The fourth-order valence-corrected chi connectivity index (χ4v) is 2.77. The zero-order valence-corrected chi connectivity index (χ0v) is 13.7. The van der Waals surface area contributed by atoms with Crippen LogP contribution < -0.4 is 5.32 Å². The average Bonchev–Trinajstić information content (AvgIpc) is 3.08. The van der Waals surface area contributed by atoms with E-state index in [0.29, 0.717) is 30.8 Å². The van der Waals surface area contributed by atoms with Gasteiger partial charge >= 0.3 is 0 Å². The van der Waals surface area contributed by atoms with Gasteiger partial charge in [0.1, 0.15) is 0 Å². The van der Waals surface area contributed by atoms with Gasteiger partial charge in [-0.3, -0.25) is 9.59 Å². The molecule has 116 valence electrons. The van der Waals surface area contributed by atoms with Crippen molar-refractivity contribution in [2.24, 2.45) is 0 Å². The standard InChI is InChI=1S/C17H20N2O2S/c1-3-19(4-2)17(21)14-7-5-13(6-8-14)11-18-16(20)15-9-10-22-12-15/h5-10,12H,3-4,11H2,1-2H3,(H,18,20). The highest BCUT2D eigenvalue weighted by molar-refractivity contribution is 7.08. The molecule has 0 aliphatic rings. The Hall–Kier alpha value is -2.14. The minimum atomic E-state index is -0.0791. The van der Waals surface area contributed by atoms with Gasteiger partial charge in [0.2, 0.25) is 0 Å². The molecule has 1 N–H and O–H groups in total. The third-order valence-electron chi connectivity index (χ3n) is 3.49. The minimum absolute atomic E-state index is 0.0406. The second-order valence-electron chi connectivity index (χ2n) is 4.87. The van der Waals surface area contributed by atoms with Gasteiger partial charge in [0.25, 0.3) is 11.8 Å². The highest BCUT2D eigenvalue weighted by Crippen LogP contribution is 2.09. The van der Waals surface area contributed by atoms with Crippen LogP contribution >= 0.6 is 11.3 Å². The van der Waals surface area contributed by atoms with E-state index in [9.17, 15) is 9.59 Å². The van der Waals surface area contributed by atoms with Gasteiger partial charge in [0.15, 0.2) is 0 Å². The lowest BCUT2D eigenvalue weighted by atomic mass is 10.1. The molecular formula is C17H20N2O2S. The molecule has 0 saturated carbocycles. The number of rotatable bonds is 6. The molecule has 1 heterocycles. The molecule has 5 heteroatoms. The summed E-state index contributed by atoms with van der Waals surface area (Å²) in [6.07, 6.45) is 0. The van der Waals surface area contributed by atoms with Crippen LogP contribution in [0.2, 0.25) is 0 Å². The molecule has 1 aromatic carbocycles. The molecule has 4 nitrogen and oxygen atoms in total. The monoisotopic (exact) mass is 316 g/mol. The van der Waals surface area contributed by atoms with E-state index in [0.717, 1.165) is 5.56 Å². The van der Waals surface area contributed by atoms with Gasteiger partial charge in [0, 0.05) is 36.1 Å². The average molecular weight is 316 g/mol. The quantitative estimate of drug-likeness (QED) is 0.890. The third-order valence-corrected chi connectivity index (χ3v) is 4.17. The van der Waals surface area contributed by atoms with Crippen molar-refractivity contribution in [3.63, 3.8) is 0 Å². The zero-order valence-electron chi connectivity index (χ0n) is 12.8. The molecule has 0 aliphatic heterocycles. The molecule has 1 aromatic heterocycles. The van der Waals surface area contributed by atoms with Crippen LogP contribution in [-0.4, -0.2) is 29.8 Å². The Bertz CT molecular complexity index is 617. The molecule has 0 spiro atoms. The van der Waals surface area contributed by atoms with Crippen molar-refractivity contribution >= 4 is 23.2 Å². The Labute approximate surface area is 134 Å². The van der Waals surface area contributed by atoms with E-state index in [-0.39, 0.29) is 11.8 Å². The minimum Gasteiger partial charge on any atom is -0.348 e. The van der Waals surface area contributed by atoms with Crippen molar-refractivity contribution in [3.8, 4) is 0 Å². The molecule has 0 fully saturated rings. The number of nitrogens with one attached hydrogen (secondary N) is 1. The summed E-state index contributed by atoms with van der Waals surface area (Å²) < 4.78 is 0. The normalized spacial score (nSPS) is 10.3. The van der Waals surface area contributed by atoms with Gasteiger partial charge in [-0.05, 0) is 43.0 Å². The first-order valence-corrected chi connectivity index (χ1v) is 8.28. The number of benzene rings is 1. The second-order valence-corrected chi connectivity index (χ2v) is 5.65. The summed E-state index contributed by atoms with van der Waals surface area (Å²) in [7, 11) is 0. The molecule has 0 bridgehead atoms. The van der Waals surface area contributed by atoms with Crippen molar-refractivity contribution in [1.29, 1.82) is 0 Å². The van der Waals surface area contributed by atoms with E-state index in [4.69, 9.17) is 0 Å². The van der Waals surface area contributed by atoms with Crippen LogP contribution in [0, 0.1) is 0 Å². The predicted octanol–water partition coefficient (Wildman–Crippen LogP) is 3.16. The van der Waals surface area contributed by atoms with Crippen molar-refractivity contribution < 1.29 is 9.59 Å². The van der Waals surface area contributed by atoms with Crippen molar-refractivity contribution in [3.05, 3.63) is 57.8 Å². The van der Waals surface area contributed by atoms with Crippen molar-refractivity contribution in [2.45, 2.75) is 20.4 Å². The van der Waals surface area contributed by atoms with Gasteiger partial charge < -0.3 is 10.2 Å². The number of carbonyl (C=O) groups excluding carboxylic acids is 2. The van der Waals surface area contributed by atoms with Crippen LogP contribution in [0.3, 0.4) is 0 Å². The molecule has 2 rings (SSSR count). The lowest BCUT2D eigenvalue weighted by Crippen LogP contribution is -2.30. The van der Waals surface area contributed by atoms with Crippen LogP contribution in [0.5, 0.6) is 0 Å². The Morgan fingerprint density at radius 2 is 1.73 bits per heavy atom. The lowest BCUT2D eigenvalue weighted by molar-refractivity contribution is 0.0772. The highest BCUT2D eigenvalue weighted by atomic mass is 32.1. The van der Waals surface area contributed by atoms with Gasteiger partial charge in [-0.15, -0.1) is 0 Å². The Morgan fingerprint density at radius 1 is 1.05 bits per heavy atom. The van der Waals surface area contributed by atoms with E-state index < -0.39 is 0 Å². The number of hydrogen-bond donors (Lipinski definition) is 1. The summed E-state index contributed by atoms with van der Waals surface area (Å²) in [5.41, 5.74) is 2.33.